The Morgan fingerprint density at radius 3 is 2.32 bits per heavy atom. The molecule has 0 aliphatic heterocycles. The van der Waals surface area contributed by atoms with E-state index in [-0.39, 0.29) is 5.91 Å². The minimum Gasteiger partial charge on any atom is -0.493 e. The molecule has 8 heteroatoms. The van der Waals surface area contributed by atoms with Crippen LogP contribution in [0.3, 0.4) is 0 Å². The van der Waals surface area contributed by atoms with Gasteiger partial charge in [0.2, 0.25) is 11.6 Å². The van der Waals surface area contributed by atoms with Gasteiger partial charge in [-0.2, -0.15) is 0 Å². The molecule has 3 aromatic carbocycles. The largest absolute Gasteiger partial charge is 0.493 e. The van der Waals surface area contributed by atoms with E-state index >= 15 is 0 Å². The number of nitrogens with one attached hydrogen (secondary N) is 1. The van der Waals surface area contributed by atoms with Crippen LogP contribution >= 0.6 is 11.6 Å². The monoisotopic (exact) mass is 438 g/mol. The normalized spacial score (nSPS) is 10.7. The van der Waals surface area contributed by atoms with E-state index in [4.69, 9.17) is 30.2 Å². The van der Waals surface area contributed by atoms with Crippen molar-refractivity contribution in [1.82, 2.24) is 4.98 Å². The van der Waals surface area contributed by atoms with Crippen molar-refractivity contribution in [2.45, 2.75) is 0 Å². The van der Waals surface area contributed by atoms with Crippen molar-refractivity contribution >= 4 is 34.3 Å². The average molecular weight is 439 g/mol. The molecular weight excluding hydrogens is 420 g/mol. The summed E-state index contributed by atoms with van der Waals surface area (Å²) in [6.07, 6.45) is 0. The van der Waals surface area contributed by atoms with Crippen LogP contribution in [-0.2, 0) is 0 Å². The summed E-state index contributed by atoms with van der Waals surface area (Å²) in [4.78, 5) is 17.3. The number of carbonyl (C=O) groups is 1. The molecule has 1 amide bonds. The molecule has 0 fully saturated rings. The predicted octanol–water partition coefficient (Wildman–Crippen LogP) is 5.43. The van der Waals surface area contributed by atoms with Gasteiger partial charge in [-0.25, -0.2) is 4.98 Å². The molecule has 0 aliphatic rings. The maximum Gasteiger partial charge on any atom is 0.255 e. The SMILES string of the molecule is COc1cc(C(=O)Nc2ccc3oc(-c4ccccc4Cl)nc3c2)cc(OC)c1OC. The van der Waals surface area contributed by atoms with Crippen LogP contribution in [0.25, 0.3) is 22.6 Å². The van der Waals surface area contributed by atoms with Gasteiger partial charge < -0.3 is 23.9 Å². The highest BCUT2D eigenvalue weighted by atomic mass is 35.5. The first kappa shape index (κ1) is 20.6. The third-order valence-corrected chi connectivity index (χ3v) is 5.01. The van der Waals surface area contributed by atoms with Gasteiger partial charge in [0.05, 0.1) is 31.9 Å². The van der Waals surface area contributed by atoms with E-state index < -0.39 is 0 Å². The Bertz CT molecular complexity index is 1240. The third kappa shape index (κ3) is 4.00. The summed E-state index contributed by atoms with van der Waals surface area (Å²) < 4.78 is 21.7. The predicted molar refractivity (Wildman–Crippen MR) is 119 cm³/mol. The van der Waals surface area contributed by atoms with E-state index in [1.54, 1.807) is 36.4 Å². The molecule has 7 nitrogen and oxygen atoms in total. The zero-order valence-corrected chi connectivity index (χ0v) is 17.8. The first-order valence-electron chi connectivity index (χ1n) is 9.31. The van der Waals surface area contributed by atoms with Crippen LogP contribution in [0.1, 0.15) is 10.4 Å². The van der Waals surface area contributed by atoms with E-state index in [9.17, 15) is 4.79 Å². The number of rotatable bonds is 6. The summed E-state index contributed by atoms with van der Waals surface area (Å²) in [5.41, 5.74) is 2.79. The van der Waals surface area contributed by atoms with Gasteiger partial charge >= 0.3 is 0 Å². The Morgan fingerprint density at radius 2 is 1.68 bits per heavy atom. The summed E-state index contributed by atoms with van der Waals surface area (Å²) in [5, 5.41) is 3.40. The Balaban J connectivity index is 1.63. The van der Waals surface area contributed by atoms with Crippen LogP contribution in [0.5, 0.6) is 17.2 Å². The summed E-state index contributed by atoms with van der Waals surface area (Å²) in [6.45, 7) is 0. The molecule has 0 aliphatic carbocycles. The smallest absolute Gasteiger partial charge is 0.255 e. The van der Waals surface area contributed by atoms with Crippen LogP contribution in [0.2, 0.25) is 5.02 Å². The van der Waals surface area contributed by atoms with Crippen molar-refractivity contribution in [1.29, 1.82) is 0 Å². The fourth-order valence-electron chi connectivity index (χ4n) is 3.17. The topological polar surface area (TPSA) is 82.8 Å². The van der Waals surface area contributed by atoms with Gasteiger partial charge in [-0.15, -0.1) is 0 Å². The molecule has 158 valence electrons. The molecule has 0 radical (unpaired) electrons. The number of oxazole rings is 1. The number of methoxy groups -OCH3 is 3. The minimum absolute atomic E-state index is 0.339. The Labute approximate surface area is 183 Å². The number of aromatic nitrogens is 1. The van der Waals surface area contributed by atoms with Gasteiger partial charge in [0.25, 0.3) is 5.91 Å². The summed E-state index contributed by atoms with van der Waals surface area (Å²) in [7, 11) is 4.49. The molecule has 0 unspecified atom stereocenters. The van der Waals surface area contributed by atoms with E-state index in [1.807, 2.05) is 18.2 Å². The van der Waals surface area contributed by atoms with Crippen molar-refractivity contribution < 1.29 is 23.4 Å². The lowest BCUT2D eigenvalue weighted by Crippen LogP contribution is -2.12. The second-order valence-electron chi connectivity index (χ2n) is 6.55. The highest BCUT2D eigenvalue weighted by Crippen LogP contribution is 2.38. The third-order valence-electron chi connectivity index (χ3n) is 4.68. The van der Waals surface area contributed by atoms with Crippen molar-refractivity contribution in [3.05, 3.63) is 65.2 Å². The van der Waals surface area contributed by atoms with Crippen LogP contribution in [0.4, 0.5) is 5.69 Å². The second-order valence-corrected chi connectivity index (χ2v) is 6.96. The van der Waals surface area contributed by atoms with Crippen molar-refractivity contribution in [2.24, 2.45) is 0 Å². The molecule has 0 bridgehead atoms. The molecule has 0 saturated heterocycles. The number of nitrogens with zero attached hydrogens (tertiary/aromatic N) is 1. The number of ether oxygens (including phenoxy) is 3. The minimum atomic E-state index is -0.339. The highest BCUT2D eigenvalue weighted by Gasteiger charge is 2.18. The number of halogens is 1. The molecular formula is C23H19ClN2O5. The molecule has 1 aromatic heterocycles. The number of benzene rings is 3. The molecule has 4 rings (SSSR count). The number of hydrogen-bond donors (Lipinski definition) is 1. The van der Waals surface area contributed by atoms with Crippen LogP contribution in [0.15, 0.2) is 59.0 Å². The van der Waals surface area contributed by atoms with Crippen LogP contribution in [0, 0.1) is 0 Å². The average Bonchev–Trinajstić information content (AvgIpc) is 3.21. The molecule has 1 N–H and O–H groups in total. The van der Waals surface area contributed by atoms with E-state index in [0.29, 0.717) is 56.1 Å². The van der Waals surface area contributed by atoms with Gasteiger partial charge in [-0.05, 0) is 42.5 Å². The van der Waals surface area contributed by atoms with E-state index in [0.717, 1.165) is 0 Å². The quantitative estimate of drug-likeness (QED) is 0.432. The highest BCUT2D eigenvalue weighted by molar-refractivity contribution is 6.33. The van der Waals surface area contributed by atoms with E-state index in [2.05, 4.69) is 10.3 Å². The van der Waals surface area contributed by atoms with Gasteiger partial charge in [0.1, 0.15) is 5.52 Å². The van der Waals surface area contributed by atoms with Crippen LogP contribution in [-0.4, -0.2) is 32.2 Å². The van der Waals surface area contributed by atoms with Crippen molar-refractivity contribution in [3.8, 4) is 28.7 Å². The lowest BCUT2D eigenvalue weighted by atomic mass is 10.1. The Morgan fingerprint density at radius 1 is 0.968 bits per heavy atom. The lowest BCUT2D eigenvalue weighted by molar-refractivity contribution is 0.102. The fraction of sp³-hybridized carbons (Fsp3) is 0.130. The number of fused-ring (bicyclic) bond motifs is 1. The Hall–Kier alpha value is -3.71. The van der Waals surface area contributed by atoms with Crippen molar-refractivity contribution in [3.63, 3.8) is 0 Å². The van der Waals surface area contributed by atoms with E-state index in [1.165, 1.54) is 21.3 Å². The zero-order valence-electron chi connectivity index (χ0n) is 17.1. The molecule has 0 atom stereocenters. The first-order valence-corrected chi connectivity index (χ1v) is 9.68. The maximum atomic E-state index is 12.8. The summed E-state index contributed by atoms with van der Waals surface area (Å²) in [5.74, 6) is 1.27. The second kappa shape index (κ2) is 8.57. The van der Waals surface area contributed by atoms with Gasteiger partial charge in [0.15, 0.2) is 17.1 Å². The van der Waals surface area contributed by atoms with Gasteiger partial charge in [-0.1, -0.05) is 23.7 Å². The number of carbonyl (C=O) groups excluding carboxylic acids is 1. The molecule has 4 aromatic rings. The summed E-state index contributed by atoms with van der Waals surface area (Å²) in [6, 6.07) is 15.7. The fourth-order valence-corrected chi connectivity index (χ4v) is 3.39. The molecule has 1 heterocycles. The maximum absolute atomic E-state index is 12.8. The Kier molecular flexibility index (Phi) is 5.68. The van der Waals surface area contributed by atoms with Crippen molar-refractivity contribution in [2.75, 3.05) is 26.6 Å². The first-order chi connectivity index (χ1) is 15.0. The molecule has 0 saturated carbocycles. The van der Waals surface area contributed by atoms with Gasteiger partial charge in [-0.3, -0.25) is 4.79 Å². The zero-order chi connectivity index (χ0) is 22.0. The summed E-state index contributed by atoms with van der Waals surface area (Å²) >= 11 is 6.24. The number of anilines is 1. The number of hydrogen-bond acceptors (Lipinski definition) is 6. The molecule has 31 heavy (non-hydrogen) atoms. The van der Waals surface area contributed by atoms with Gasteiger partial charge in [0, 0.05) is 11.3 Å². The number of amides is 1. The lowest BCUT2D eigenvalue weighted by Gasteiger charge is -2.14. The molecule has 0 spiro atoms. The van der Waals surface area contributed by atoms with Crippen LogP contribution < -0.4 is 19.5 Å². The standard InChI is InChI=1S/C23H19ClN2O5/c1-28-19-10-13(11-20(29-2)21(19)30-3)22(27)25-14-8-9-18-17(12-14)26-23(31-18)15-6-4-5-7-16(15)24/h4-12H,1-3H3,(H,25,27).